The second-order valence-electron chi connectivity index (χ2n) is 4.08. The van der Waals surface area contributed by atoms with Crippen LogP contribution < -0.4 is 11.1 Å². The van der Waals surface area contributed by atoms with Crippen molar-refractivity contribution in [1.82, 2.24) is 15.2 Å². The van der Waals surface area contributed by atoms with Crippen LogP contribution in [0.5, 0.6) is 0 Å². The first kappa shape index (κ1) is 10.9. The molecule has 2 heterocycles. The molecule has 16 heavy (non-hydrogen) atoms. The summed E-state index contributed by atoms with van der Waals surface area (Å²) >= 11 is 0. The van der Waals surface area contributed by atoms with E-state index in [9.17, 15) is 4.79 Å². The third-order valence-electron chi connectivity index (χ3n) is 2.69. The summed E-state index contributed by atoms with van der Waals surface area (Å²) < 4.78 is 0. The molecule has 5 nitrogen and oxygen atoms in total. The number of hydrogen-bond donors (Lipinski definition) is 2. The highest BCUT2D eigenvalue weighted by molar-refractivity contribution is 5.94. The summed E-state index contributed by atoms with van der Waals surface area (Å²) in [7, 11) is 0. The number of anilines is 1. The fourth-order valence-electron chi connectivity index (χ4n) is 1.83. The summed E-state index contributed by atoms with van der Waals surface area (Å²) in [6.45, 7) is 4.40. The van der Waals surface area contributed by atoms with Crippen LogP contribution in [0.2, 0.25) is 0 Å². The molecule has 1 saturated heterocycles. The van der Waals surface area contributed by atoms with Crippen molar-refractivity contribution in [2.75, 3.05) is 25.4 Å². The van der Waals surface area contributed by atoms with E-state index in [4.69, 9.17) is 5.73 Å². The lowest BCUT2D eigenvalue weighted by Gasteiger charge is -2.31. The maximum absolute atomic E-state index is 12.1. The van der Waals surface area contributed by atoms with Crippen LogP contribution in [0.25, 0.3) is 0 Å². The summed E-state index contributed by atoms with van der Waals surface area (Å²) in [6.07, 6.45) is 1.53. The van der Waals surface area contributed by atoms with Gasteiger partial charge in [0.15, 0.2) is 0 Å². The van der Waals surface area contributed by atoms with Gasteiger partial charge in [0.25, 0.3) is 5.91 Å². The van der Waals surface area contributed by atoms with Crippen molar-refractivity contribution in [3.8, 4) is 0 Å². The molecule has 1 aromatic rings. The minimum absolute atomic E-state index is 0.0286. The third kappa shape index (κ3) is 2.30. The van der Waals surface area contributed by atoms with E-state index in [0.717, 1.165) is 19.6 Å². The fourth-order valence-corrected chi connectivity index (χ4v) is 1.83. The zero-order chi connectivity index (χ0) is 11.5. The number of nitrogens with zero attached hydrogens (tertiary/aromatic N) is 2. The topological polar surface area (TPSA) is 71.2 Å². The summed E-state index contributed by atoms with van der Waals surface area (Å²) in [5.41, 5.74) is 6.08. The van der Waals surface area contributed by atoms with E-state index >= 15 is 0 Å². The van der Waals surface area contributed by atoms with Crippen molar-refractivity contribution in [3.05, 3.63) is 23.9 Å². The average Bonchev–Trinajstić information content (AvgIpc) is 2.29. The Labute approximate surface area is 94.6 Å². The maximum atomic E-state index is 12.1. The number of pyridine rings is 1. The van der Waals surface area contributed by atoms with E-state index < -0.39 is 0 Å². The van der Waals surface area contributed by atoms with E-state index in [1.54, 1.807) is 12.1 Å². The van der Waals surface area contributed by atoms with Gasteiger partial charge in [-0.2, -0.15) is 0 Å². The smallest absolute Gasteiger partial charge is 0.255 e. The lowest BCUT2D eigenvalue weighted by atomic mass is 10.2. The van der Waals surface area contributed by atoms with Gasteiger partial charge in [-0.15, -0.1) is 0 Å². The third-order valence-corrected chi connectivity index (χ3v) is 2.69. The first-order valence-electron chi connectivity index (χ1n) is 5.41. The van der Waals surface area contributed by atoms with E-state index in [1.807, 2.05) is 4.90 Å². The highest BCUT2D eigenvalue weighted by atomic mass is 16.2. The Balaban J connectivity index is 2.09. The molecule has 1 aromatic heterocycles. The molecule has 1 amide bonds. The first-order chi connectivity index (χ1) is 7.66. The number of hydrogen-bond acceptors (Lipinski definition) is 4. The highest BCUT2D eigenvalue weighted by Gasteiger charge is 2.21. The number of nitrogens with one attached hydrogen (secondary N) is 1. The van der Waals surface area contributed by atoms with Crippen molar-refractivity contribution >= 4 is 11.7 Å². The lowest BCUT2D eigenvalue weighted by Crippen LogP contribution is -2.51. The molecule has 0 radical (unpaired) electrons. The fraction of sp³-hybridized carbons (Fsp3) is 0.455. The predicted molar refractivity (Wildman–Crippen MR) is 62.0 cm³/mol. The molecule has 1 aliphatic heterocycles. The summed E-state index contributed by atoms with van der Waals surface area (Å²) in [5.74, 6) is 0.464. The molecule has 0 aromatic carbocycles. The number of nitrogens with two attached hydrogens (primary N) is 1. The Hall–Kier alpha value is -1.62. The van der Waals surface area contributed by atoms with Crippen LogP contribution in [0.1, 0.15) is 17.3 Å². The lowest BCUT2D eigenvalue weighted by molar-refractivity contribution is 0.0708. The van der Waals surface area contributed by atoms with Crippen molar-refractivity contribution in [1.29, 1.82) is 0 Å². The monoisotopic (exact) mass is 220 g/mol. The number of nitrogen functional groups attached to an aromatic ring is 1. The van der Waals surface area contributed by atoms with Gasteiger partial charge < -0.3 is 16.0 Å². The van der Waals surface area contributed by atoms with Gasteiger partial charge in [0.1, 0.15) is 5.82 Å². The van der Waals surface area contributed by atoms with Crippen LogP contribution in [0.3, 0.4) is 0 Å². The Morgan fingerprint density at radius 1 is 1.62 bits per heavy atom. The minimum atomic E-state index is 0.0286. The molecule has 5 heteroatoms. The second-order valence-corrected chi connectivity index (χ2v) is 4.08. The molecule has 1 aliphatic rings. The normalized spacial score (nSPS) is 20.8. The average molecular weight is 220 g/mol. The number of carbonyl (C=O) groups is 1. The summed E-state index contributed by atoms with van der Waals surface area (Å²) in [4.78, 5) is 17.8. The van der Waals surface area contributed by atoms with E-state index in [1.165, 1.54) is 6.20 Å². The number of rotatable bonds is 1. The van der Waals surface area contributed by atoms with Crippen molar-refractivity contribution in [2.45, 2.75) is 13.0 Å². The van der Waals surface area contributed by atoms with Gasteiger partial charge in [0.2, 0.25) is 0 Å². The molecule has 0 aliphatic carbocycles. The molecular formula is C11H16N4O. The molecule has 1 fully saturated rings. The standard InChI is InChI=1S/C11H16N4O/c1-8-7-15(5-4-13-8)11(16)9-2-3-10(12)14-6-9/h2-3,6,8,13H,4-5,7H2,1H3,(H2,12,14). The zero-order valence-corrected chi connectivity index (χ0v) is 9.31. The van der Waals surface area contributed by atoms with Crippen LogP contribution in [-0.2, 0) is 0 Å². The molecule has 0 spiro atoms. The van der Waals surface area contributed by atoms with Gasteiger partial charge in [0, 0.05) is 31.9 Å². The largest absolute Gasteiger partial charge is 0.384 e. The molecular weight excluding hydrogens is 204 g/mol. The van der Waals surface area contributed by atoms with E-state index in [0.29, 0.717) is 17.4 Å². The van der Waals surface area contributed by atoms with Crippen LogP contribution in [-0.4, -0.2) is 41.5 Å². The minimum Gasteiger partial charge on any atom is -0.384 e. The maximum Gasteiger partial charge on any atom is 0.255 e. The SMILES string of the molecule is CC1CN(C(=O)c2ccc(N)nc2)CCN1. The van der Waals surface area contributed by atoms with E-state index in [-0.39, 0.29) is 5.91 Å². The predicted octanol–water partition coefficient (Wildman–Crippen LogP) is 0.0977. The molecule has 2 rings (SSSR count). The Morgan fingerprint density at radius 3 is 3.06 bits per heavy atom. The van der Waals surface area contributed by atoms with Gasteiger partial charge in [0.05, 0.1) is 5.56 Å². The second kappa shape index (κ2) is 4.49. The molecule has 0 bridgehead atoms. The summed E-state index contributed by atoms with van der Waals surface area (Å²) in [5, 5.41) is 3.30. The number of carbonyl (C=O) groups excluding carboxylic acids is 1. The number of piperazine rings is 1. The molecule has 1 unspecified atom stereocenters. The number of amides is 1. The summed E-state index contributed by atoms with van der Waals surface area (Å²) in [6, 6.07) is 3.72. The van der Waals surface area contributed by atoms with E-state index in [2.05, 4.69) is 17.2 Å². The van der Waals surface area contributed by atoms with Crippen molar-refractivity contribution in [3.63, 3.8) is 0 Å². The van der Waals surface area contributed by atoms with Gasteiger partial charge in [-0.3, -0.25) is 4.79 Å². The van der Waals surface area contributed by atoms with Crippen LogP contribution >= 0.6 is 0 Å². The molecule has 86 valence electrons. The van der Waals surface area contributed by atoms with Gasteiger partial charge in [-0.1, -0.05) is 0 Å². The molecule has 1 atom stereocenters. The molecule has 0 saturated carbocycles. The quantitative estimate of drug-likeness (QED) is 0.704. The van der Waals surface area contributed by atoms with Crippen LogP contribution in [0.15, 0.2) is 18.3 Å². The van der Waals surface area contributed by atoms with Crippen LogP contribution in [0.4, 0.5) is 5.82 Å². The van der Waals surface area contributed by atoms with Gasteiger partial charge >= 0.3 is 0 Å². The van der Waals surface area contributed by atoms with Crippen LogP contribution in [0, 0.1) is 0 Å². The molecule has 3 N–H and O–H groups in total. The Bertz CT molecular complexity index is 376. The van der Waals surface area contributed by atoms with Crippen molar-refractivity contribution < 1.29 is 4.79 Å². The number of aromatic nitrogens is 1. The zero-order valence-electron chi connectivity index (χ0n) is 9.31. The Morgan fingerprint density at radius 2 is 2.44 bits per heavy atom. The van der Waals surface area contributed by atoms with Crippen molar-refractivity contribution in [2.24, 2.45) is 0 Å². The van der Waals surface area contributed by atoms with Gasteiger partial charge in [-0.25, -0.2) is 4.98 Å². The highest BCUT2D eigenvalue weighted by Crippen LogP contribution is 2.08. The van der Waals surface area contributed by atoms with Gasteiger partial charge in [-0.05, 0) is 19.1 Å². The first-order valence-corrected chi connectivity index (χ1v) is 5.41. The Kier molecular flexibility index (Phi) is 3.05.